The number of hydrogen-bond donors (Lipinski definition) is 2. The van der Waals surface area contributed by atoms with Crippen molar-refractivity contribution in [3.63, 3.8) is 0 Å². The molecule has 9 heteroatoms. The van der Waals surface area contributed by atoms with Crippen LogP contribution < -0.4 is 4.74 Å². The van der Waals surface area contributed by atoms with Crippen LogP contribution in [-0.4, -0.2) is 50.4 Å². The summed E-state index contributed by atoms with van der Waals surface area (Å²) < 4.78 is 5.72. The van der Waals surface area contributed by atoms with E-state index in [1.165, 1.54) is 11.8 Å². The first-order valence-corrected chi connectivity index (χ1v) is 11.5. The lowest BCUT2D eigenvalue weighted by atomic mass is 10.1. The molecule has 1 amide bonds. The third kappa shape index (κ3) is 9.10. The van der Waals surface area contributed by atoms with Crippen LogP contribution in [0.1, 0.15) is 56.9 Å². The van der Waals surface area contributed by atoms with E-state index in [0.29, 0.717) is 21.5 Å². The van der Waals surface area contributed by atoms with Crippen molar-refractivity contribution < 1.29 is 29.3 Å². The van der Waals surface area contributed by atoms with Crippen LogP contribution in [0.5, 0.6) is 5.75 Å². The van der Waals surface area contributed by atoms with Crippen molar-refractivity contribution in [2.24, 2.45) is 0 Å². The Morgan fingerprint density at radius 3 is 2.39 bits per heavy atom. The average Bonchev–Trinajstić information content (AvgIpc) is 2.98. The number of rotatable bonds is 14. The summed E-state index contributed by atoms with van der Waals surface area (Å²) in [7, 11) is 0. The van der Waals surface area contributed by atoms with Crippen molar-refractivity contribution in [3.05, 3.63) is 34.7 Å². The first-order valence-electron chi connectivity index (χ1n) is 10.3. The molecule has 1 aliphatic rings. The van der Waals surface area contributed by atoms with Crippen LogP contribution in [0.15, 0.2) is 29.2 Å². The van der Waals surface area contributed by atoms with Gasteiger partial charge in [-0.15, -0.1) is 0 Å². The Bertz CT molecular complexity index is 839. The maximum Gasteiger partial charge on any atom is 0.341 e. The molecule has 1 aromatic rings. The first-order chi connectivity index (χ1) is 14.9. The van der Waals surface area contributed by atoms with Crippen LogP contribution in [0, 0.1) is 0 Å². The standard InChI is InChI=1S/C22H27NO6S2/c24-19(25)11-6-4-2-1-3-5-7-12-23-21(28)18(31-22(23)30)14-16-9-8-10-17(13-16)29-15-20(26)27/h8-10,13-14H,1-7,11-12,15H2,(H,24,25)(H,26,27)/b18-14-. The van der Waals surface area contributed by atoms with Crippen LogP contribution in [0.2, 0.25) is 0 Å². The van der Waals surface area contributed by atoms with Crippen LogP contribution in [0.4, 0.5) is 0 Å². The Morgan fingerprint density at radius 2 is 1.71 bits per heavy atom. The highest BCUT2D eigenvalue weighted by atomic mass is 32.2. The minimum Gasteiger partial charge on any atom is -0.482 e. The van der Waals surface area contributed by atoms with Gasteiger partial charge in [0.25, 0.3) is 5.91 Å². The molecule has 0 radical (unpaired) electrons. The zero-order valence-corrected chi connectivity index (χ0v) is 18.9. The summed E-state index contributed by atoms with van der Waals surface area (Å²) in [6, 6.07) is 6.91. The molecule has 1 saturated heterocycles. The van der Waals surface area contributed by atoms with E-state index in [2.05, 4.69) is 0 Å². The number of thiocarbonyl (C=S) groups is 1. The van der Waals surface area contributed by atoms with Crippen LogP contribution in [-0.2, 0) is 14.4 Å². The molecule has 2 rings (SSSR count). The van der Waals surface area contributed by atoms with Gasteiger partial charge in [0.2, 0.25) is 0 Å². The molecular weight excluding hydrogens is 438 g/mol. The number of amides is 1. The highest BCUT2D eigenvalue weighted by molar-refractivity contribution is 8.26. The van der Waals surface area contributed by atoms with Gasteiger partial charge in [-0.1, -0.05) is 68.2 Å². The summed E-state index contributed by atoms with van der Waals surface area (Å²) in [6.45, 7) is 0.163. The van der Waals surface area contributed by atoms with Crippen molar-refractivity contribution in [1.29, 1.82) is 0 Å². The van der Waals surface area contributed by atoms with Crippen LogP contribution >= 0.6 is 24.0 Å². The van der Waals surface area contributed by atoms with Crippen LogP contribution in [0.3, 0.4) is 0 Å². The number of carboxylic acid groups (broad SMARTS) is 2. The molecule has 0 unspecified atom stereocenters. The molecule has 1 heterocycles. The van der Waals surface area contributed by atoms with Crippen molar-refractivity contribution >= 4 is 52.2 Å². The van der Waals surface area contributed by atoms with E-state index >= 15 is 0 Å². The summed E-state index contributed by atoms with van der Waals surface area (Å²) in [5.41, 5.74) is 0.742. The Balaban J connectivity index is 1.76. The molecule has 1 fully saturated rings. The lowest BCUT2D eigenvalue weighted by molar-refractivity contribution is -0.139. The molecule has 0 atom stereocenters. The highest BCUT2D eigenvalue weighted by Gasteiger charge is 2.31. The van der Waals surface area contributed by atoms with Crippen molar-refractivity contribution in [2.45, 2.75) is 51.4 Å². The summed E-state index contributed by atoms with van der Waals surface area (Å²) in [6.07, 6.45) is 8.67. The van der Waals surface area contributed by atoms with Gasteiger partial charge >= 0.3 is 11.9 Å². The zero-order chi connectivity index (χ0) is 22.6. The third-order valence-corrected chi connectivity index (χ3v) is 6.04. The zero-order valence-electron chi connectivity index (χ0n) is 17.2. The molecule has 0 spiro atoms. The molecule has 0 bridgehead atoms. The van der Waals surface area contributed by atoms with Gasteiger partial charge in [-0.05, 0) is 36.6 Å². The molecule has 7 nitrogen and oxygen atoms in total. The number of ether oxygens (including phenoxy) is 1. The van der Waals surface area contributed by atoms with E-state index in [0.717, 1.165) is 50.5 Å². The fourth-order valence-corrected chi connectivity index (χ4v) is 4.42. The summed E-state index contributed by atoms with van der Waals surface area (Å²) in [5.74, 6) is -1.48. The quantitative estimate of drug-likeness (QED) is 0.234. The summed E-state index contributed by atoms with van der Waals surface area (Å²) in [4.78, 5) is 36.0. The number of carboxylic acids is 2. The van der Waals surface area contributed by atoms with Gasteiger partial charge in [0.05, 0.1) is 4.91 Å². The van der Waals surface area contributed by atoms with Crippen molar-refractivity contribution in [2.75, 3.05) is 13.2 Å². The van der Waals surface area contributed by atoms with E-state index in [1.807, 2.05) is 6.07 Å². The normalized spacial score (nSPS) is 15.0. The SMILES string of the molecule is O=C(O)CCCCCCCCCN1C(=O)/C(=C/c2cccc(OCC(=O)O)c2)SC1=S. The minimum absolute atomic E-state index is 0.111. The minimum atomic E-state index is -1.05. The Kier molecular flexibility index (Phi) is 10.5. The van der Waals surface area contributed by atoms with Gasteiger partial charge < -0.3 is 14.9 Å². The second kappa shape index (κ2) is 13.1. The van der Waals surface area contributed by atoms with Gasteiger partial charge in [-0.25, -0.2) is 4.79 Å². The Labute approximate surface area is 191 Å². The predicted molar refractivity (Wildman–Crippen MR) is 124 cm³/mol. The van der Waals surface area contributed by atoms with Crippen molar-refractivity contribution in [3.8, 4) is 5.75 Å². The average molecular weight is 466 g/mol. The molecule has 31 heavy (non-hydrogen) atoms. The van der Waals surface area contributed by atoms with Gasteiger partial charge in [-0.2, -0.15) is 0 Å². The van der Waals surface area contributed by atoms with Gasteiger partial charge in [0.15, 0.2) is 6.61 Å². The number of nitrogens with zero attached hydrogens (tertiary/aromatic N) is 1. The lowest BCUT2D eigenvalue weighted by Crippen LogP contribution is -2.29. The third-order valence-electron chi connectivity index (χ3n) is 4.66. The van der Waals surface area contributed by atoms with E-state index < -0.39 is 18.5 Å². The van der Waals surface area contributed by atoms with Crippen LogP contribution in [0.25, 0.3) is 6.08 Å². The summed E-state index contributed by atoms with van der Waals surface area (Å²) >= 11 is 6.63. The number of thioether (sulfide) groups is 1. The summed E-state index contributed by atoms with van der Waals surface area (Å²) in [5, 5.41) is 17.3. The van der Waals surface area contributed by atoms with E-state index in [9.17, 15) is 14.4 Å². The number of benzene rings is 1. The second-order valence-corrected chi connectivity index (χ2v) is 8.88. The molecule has 1 aromatic carbocycles. The molecule has 168 valence electrons. The fraction of sp³-hybridized carbons (Fsp3) is 0.455. The van der Waals surface area contributed by atoms with E-state index in [-0.39, 0.29) is 12.3 Å². The molecular formula is C22H27NO6S2. The number of carbonyl (C=O) groups excluding carboxylic acids is 1. The fourth-order valence-electron chi connectivity index (χ4n) is 3.11. The Hall–Kier alpha value is -2.39. The number of carbonyl (C=O) groups is 3. The van der Waals surface area contributed by atoms with E-state index in [1.54, 1.807) is 29.2 Å². The van der Waals surface area contributed by atoms with Gasteiger partial charge in [-0.3, -0.25) is 14.5 Å². The molecule has 2 N–H and O–H groups in total. The number of unbranched alkanes of at least 4 members (excludes halogenated alkanes) is 6. The van der Waals surface area contributed by atoms with E-state index in [4.69, 9.17) is 27.2 Å². The monoisotopic (exact) mass is 465 g/mol. The smallest absolute Gasteiger partial charge is 0.341 e. The molecule has 0 aliphatic carbocycles. The highest BCUT2D eigenvalue weighted by Crippen LogP contribution is 2.33. The molecule has 1 aliphatic heterocycles. The number of hydrogen-bond acceptors (Lipinski definition) is 6. The molecule has 0 saturated carbocycles. The lowest BCUT2D eigenvalue weighted by Gasteiger charge is -2.14. The van der Waals surface area contributed by atoms with Crippen molar-refractivity contribution in [1.82, 2.24) is 4.90 Å². The second-order valence-electron chi connectivity index (χ2n) is 7.21. The maximum absolute atomic E-state index is 12.7. The van der Waals surface area contributed by atoms with Gasteiger partial charge in [0, 0.05) is 13.0 Å². The molecule has 0 aromatic heterocycles. The first kappa shape index (κ1) is 24.9. The predicted octanol–water partition coefficient (Wildman–Crippen LogP) is 4.56. The Morgan fingerprint density at radius 1 is 1.03 bits per heavy atom. The largest absolute Gasteiger partial charge is 0.482 e. The maximum atomic E-state index is 12.7. The topological polar surface area (TPSA) is 104 Å². The van der Waals surface area contributed by atoms with Gasteiger partial charge in [0.1, 0.15) is 10.1 Å². The number of aliphatic carboxylic acids is 2.